The Morgan fingerprint density at radius 1 is 1.24 bits per heavy atom. The van der Waals surface area contributed by atoms with Crippen molar-refractivity contribution in [2.75, 3.05) is 17.8 Å². The molecule has 1 aromatic rings. The first kappa shape index (κ1) is 21.7. The second kappa shape index (κ2) is 10.6. The Hall–Kier alpha value is -0.597. The van der Waals surface area contributed by atoms with E-state index in [4.69, 9.17) is 11.6 Å². The number of anilines is 1. The summed E-state index contributed by atoms with van der Waals surface area (Å²) < 4.78 is 1.19. The molecule has 0 bridgehead atoms. The zero-order valence-corrected chi connectivity index (χ0v) is 12.3. The first-order valence-corrected chi connectivity index (χ1v) is 5.87. The molecule has 5 nitrogen and oxygen atoms in total. The van der Waals surface area contributed by atoms with E-state index < -0.39 is 0 Å². The first-order chi connectivity index (χ1) is 6.65. The molecule has 7 heteroatoms. The molecular formula is C10H17ClGeNO4. The summed E-state index contributed by atoms with van der Waals surface area (Å²) in [5.41, 5.74) is 0.908. The Kier molecular flexibility index (Phi) is 13.4. The van der Waals surface area contributed by atoms with E-state index in [0.29, 0.717) is 12.3 Å². The summed E-state index contributed by atoms with van der Waals surface area (Å²) in [5, 5.41) is 0. The maximum absolute atomic E-state index is 11.5. The van der Waals surface area contributed by atoms with Gasteiger partial charge in [-0.1, -0.05) is 0 Å². The van der Waals surface area contributed by atoms with Gasteiger partial charge in [0.25, 0.3) is 0 Å². The van der Waals surface area contributed by atoms with Gasteiger partial charge in [-0.2, -0.15) is 0 Å². The average Bonchev–Trinajstić information content (AvgIpc) is 2.18. The zero-order valence-electron chi connectivity index (χ0n) is 9.46. The minimum absolute atomic E-state index is 0. The van der Waals surface area contributed by atoms with E-state index in [-0.39, 0.29) is 22.3 Å². The second-order valence-corrected chi connectivity index (χ2v) is 4.53. The van der Waals surface area contributed by atoms with Crippen LogP contribution in [0.1, 0.15) is 6.42 Å². The van der Waals surface area contributed by atoms with Crippen LogP contribution in [0.4, 0.5) is 5.69 Å². The van der Waals surface area contributed by atoms with Gasteiger partial charge in [0.2, 0.25) is 0 Å². The van der Waals surface area contributed by atoms with Crippen molar-refractivity contribution in [3.05, 3.63) is 24.3 Å². The Morgan fingerprint density at radius 3 is 2.12 bits per heavy atom. The fourth-order valence-corrected chi connectivity index (χ4v) is 1.59. The summed E-state index contributed by atoms with van der Waals surface area (Å²) in [6.07, 6.45) is 0.381. The van der Waals surface area contributed by atoms with Crippen molar-refractivity contribution in [2.45, 2.75) is 6.42 Å². The molecule has 1 amide bonds. The van der Waals surface area contributed by atoms with Gasteiger partial charge in [0.05, 0.1) is 0 Å². The van der Waals surface area contributed by atoms with Crippen LogP contribution in [0.3, 0.4) is 0 Å². The molecule has 0 spiro atoms. The van der Waals surface area contributed by atoms with Gasteiger partial charge < -0.3 is 16.4 Å². The summed E-state index contributed by atoms with van der Waals surface area (Å²) in [6.45, 7) is 0. The van der Waals surface area contributed by atoms with Gasteiger partial charge in [0.15, 0.2) is 0 Å². The van der Waals surface area contributed by atoms with Crippen LogP contribution in [-0.2, 0) is 4.79 Å². The molecule has 6 N–H and O–H groups in total. The molecule has 97 valence electrons. The number of hydrogen-bond acceptors (Lipinski definition) is 1. The molecule has 0 unspecified atom stereocenters. The van der Waals surface area contributed by atoms with Crippen LogP contribution in [0, 0.1) is 0 Å². The van der Waals surface area contributed by atoms with E-state index in [1.165, 1.54) is 4.40 Å². The molecule has 0 heterocycles. The minimum Gasteiger partial charge on any atom is -0.412 e. The quantitative estimate of drug-likeness (QED) is 0.494. The van der Waals surface area contributed by atoms with Crippen molar-refractivity contribution in [1.29, 1.82) is 0 Å². The molecule has 1 aromatic carbocycles. The zero-order chi connectivity index (χ0) is 10.6. The number of halogens is 1. The van der Waals surface area contributed by atoms with Crippen molar-refractivity contribution in [3.63, 3.8) is 0 Å². The SMILES string of the molecule is CN(C(=O)CCCl)c1cc[c]([Ge])cc1.O.O.O. The van der Waals surface area contributed by atoms with Crippen molar-refractivity contribution in [3.8, 4) is 0 Å². The van der Waals surface area contributed by atoms with Crippen molar-refractivity contribution < 1.29 is 21.2 Å². The molecule has 0 aliphatic rings. The predicted octanol–water partition coefficient (Wildman–Crippen LogP) is -1.40. The van der Waals surface area contributed by atoms with E-state index in [0.717, 1.165) is 5.69 Å². The summed E-state index contributed by atoms with van der Waals surface area (Å²) in [5.74, 6) is 0.415. The predicted molar refractivity (Wildman–Crippen MR) is 71.4 cm³/mol. The van der Waals surface area contributed by atoms with Gasteiger partial charge in [-0.3, -0.25) is 0 Å². The molecule has 0 aliphatic carbocycles. The van der Waals surface area contributed by atoms with Gasteiger partial charge in [0.1, 0.15) is 0 Å². The van der Waals surface area contributed by atoms with E-state index in [9.17, 15) is 4.79 Å². The third kappa shape index (κ3) is 6.65. The Labute approximate surface area is 114 Å². The fourth-order valence-electron chi connectivity index (χ4n) is 1.08. The Bertz CT molecular complexity index is 321. The maximum Gasteiger partial charge on any atom is -0.412 e. The van der Waals surface area contributed by atoms with Crippen LogP contribution in [0.2, 0.25) is 0 Å². The third-order valence-corrected chi connectivity index (χ3v) is 2.83. The van der Waals surface area contributed by atoms with Crippen molar-refractivity contribution in [1.82, 2.24) is 0 Å². The number of carbonyl (C=O) groups is 1. The van der Waals surface area contributed by atoms with Gasteiger partial charge in [-0.15, -0.1) is 0 Å². The summed E-state index contributed by atoms with van der Waals surface area (Å²) in [4.78, 5) is 13.1. The van der Waals surface area contributed by atoms with Crippen LogP contribution < -0.4 is 9.30 Å². The number of hydrogen-bond donors (Lipinski definition) is 0. The van der Waals surface area contributed by atoms with E-state index in [1.54, 1.807) is 11.9 Å². The number of amides is 1. The number of nitrogens with zero attached hydrogens (tertiary/aromatic N) is 1. The molecule has 0 atom stereocenters. The van der Waals surface area contributed by atoms with Crippen LogP contribution >= 0.6 is 11.6 Å². The molecule has 1 rings (SSSR count). The van der Waals surface area contributed by atoms with Crippen LogP contribution in [0.15, 0.2) is 24.3 Å². The standard InChI is InChI=1S/C10H11ClGeNO.3H2O/c1-13(10(14)6-7-11)9-4-2-8(12)3-5-9;;;/h2-5H,6-7H2,1H3;3*1H2. The molecule has 0 saturated carbocycles. The number of alkyl halides is 1. The summed E-state index contributed by atoms with van der Waals surface area (Å²) >= 11 is 7.52. The molecular weight excluding hydrogens is 306 g/mol. The summed E-state index contributed by atoms with van der Waals surface area (Å²) in [7, 11) is 1.76. The van der Waals surface area contributed by atoms with Gasteiger partial charge >= 0.3 is 97.4 Å². The monoisotopic (exact) mass is 324 g/mol. The number of rotatable bonds is 3. The average molecular weight is 323 g/mol. The van der Waals surface area contributed by atoms with E-state index >= 15 is 0 Å². The van der Waals surface area contributed by atoms with Crippen LogP contribution in [-0.4, -0.2) is 51.8 Å². The second-order valence-electron chi connectivity index (χ2n) is 2.94. The van der Waals surface area contributed by atoms with Crippen molar-refractivity contribution >= 4 is 44.1 Å². The molecule has 0 aromatic heterocycles. The largest absolute Gasteiger partial charge is 0.412 e. The van der Waals surface area contributed by atoms with Crippen LogP contribution in [0.25, 0.3) is 0 Å². The molecule has 0 fully saturated rings. The normalized spacial score (nSPS) is 8.18. The number of carbonyl (C=O) groups excluding carboxylic acids is 1. The van der Waals surface area contributed by atoms with Crippen molar-refractivity contribution in [2.24, 2.45) is 0 Å². The Balaban J connectivity index is -0.000000653. The maximum atomic E-state index is 11.5. The molecule has 3 radical (unpaired) electrons. The van der Waals surface area contributed by atoms with Crippen LogP contribution in [0.5, 0.6) is 0 Å². The van der Waals surface area contributed by atoms with Gasteiger partial charge in [-0.25, -0.2) is 0 Å². The Morgan fingerprint density at radius 2 is 1.71 bits per heavy atom. The van der Waals surface area contributed by atoms with E-state index in [2.05, 4.69) is 0 Å². The van der Waals surface area contributed by atoms with Gasteiger partial charge in [0, 0.05) is 0 Å². The number of benzene rings is 1. The van der Waals surface area contributed by atoms with E-state index in [1.807, 2.05) is 40.8 Å². The molecule has 0 aliphatic heterocycles. The topological polar surface area (TPSA) is 115 Å². The van der Waals surface area contributed by atoms with Gasteiger partial charge in [-0.05, 0) is 0 Å². The minimum atomic E-state index is 0. The molecule has 17 heavy (non-hydrogen) atoms. The molecule has 0 saturated heterocycles. The smallest absolute Gasteiger partial charge is 0.412 e. The first-order valence-electron chi connectivity index (χ1n) is 4.29. The third-order valence-electron chi connectivity index (χ3n) is 1.94. The fraction of sp³-hybridized carbons (Fsp3) is 0.300. The summed E-state index contributed by atoms with van der Waals surface area (Å²) in [6, 6.07) is 7.84.